The van der Waals surface area contributed by atoms with Crippen LogP contribution in [0.3, 0.4) is 0 Å². The molecule has 1 aliphatic heterocycles. The molecular formula is C18H27N3O2. The molecule has 4 rings (SSSR count). The van der Waals surface area contributed by atoms with Crippen molar-refractivity contribution in [3.05, 3.63) is 18.2 Å². The van der Waals surface area contributed by atoms with E-state index < -0.39 is 5.60 Å². The average Bonchev–Trinajstić information content (AvgIpc) is 3.16. The maximum absolute atomic E-state index is 12.7. The van der Waals surface area contributed by atoms with E-state index in [0.29, 0.717) is 56.1 Å². The van der Waals surface area contributed by atoms with Gasteiger partial charge in [0, 0.05) is 31.4 Å². The molecule has 2 heterocycles. The zero-order chi connectivity index (χ0) is 16.0. The van der Waals surface area contributed by atoms with Gasteiger partial charge in [-0.05, 0) is 44.4 Å². The third-order valence-electron chi connectivity index (χ3n) is 6.34. The van der Waals surface area contributed by atoms with Crippen molar-refractivity contribution >= 4 is 5.91 Å². The first-order valence-corrected chi connectivity index (χ1v) is 9.06. The monoisotopic (exact) mass is 317 g/mol. The molecule has 1 saturated heterocycles. The molecule has 2 atom stereocenters. The first-order chi connectivity index (χ1) is 11.1. The second kappa shape index (κ2) is 5.62. The van der Waals surface area contributed by atoms with Crippen LogP contribution in [0.15, 0.2) is 12.4 Å². The van der Waals surface area contributed by atoms with Crippen LogP contribution in [0.4, 0.5) is 0 Å². The SMILES string of the molecule is Cc1nccn1CC1(O)CCN(C(=O)C2C3CCCCC32)CC1. The van der Waals surface area contributed by atoms with Crippen LogP contribution in [-0.4, -0.2) is 44.2 Å². The van der Waals surface area contributed by atoms with Crippen molar-refractivity contribution in [1.82, 2.24) is 14.5 Å². The predicted molar refractivity (Wildman–Crippen MR) is 86.7 cm³/mol. The van der Waals surface area contributed by atoms with Gasteiger partial charge in [0.1, 0.15) is 5.82 Å². The normalized spacial score (nSPS) is 32.4. The van der Waals surface area contributed by atoms with E-state index in [4.69, 9.17) is 0 Å². The first-order valence-electron chi connectivity index (χ1n) is 9.06. The highest BCUT2D eigenvalue weighted by molar-refractivity contribution is 5.82. The molecule has 5 nitrogen and oxygen atoms in total. The third-order valence-corrected chi connectivity index (χ3v) is 6.34. The minimum atomic E-state index is -0.710. The number of hydrogen-bond acceptors (Lipinski definition) is 3. The summed E-state index contributed by atoms with van der Waals surface area (Å²) in [4.78, 5) is 19.0. The zero-order valence-corrected chi connectivity index (χ0v) is 13.9. The van der Waals surface area contributed by atoms with Gasteiger partial charge >= 0.3 is 0 Å². The lowest BCUT2D eigenvalue weighted by molar-refractivity contribution is -0.137. The molecule has 1 aromatic rings. The fourth-order valence-electron chi connectivity index (χ4n) is 4.76. The van der Waals surface area contributed by atoms with Crippen LogP contribution in [-0.2, 0) is 11.3 Å². The van der Waals surface area contributed by atoms with Crippen molar-refractivity contribution in [2.24, 2.45) is 17.8 Å². The number of rotatable bonds is 3. The van der Waals surface area contributed by atoms with Gasteiger partial charge in [-0.15, -0.1) is 0 Å². The quantitative estimate of drug-likeness (QED) is 0.927. The van der Waals surface area contributed by atoms with E-state index in [1.165, 1.54) is 25.7 Å². The Kier molecular flexibility index (Phi) is 3.71. The summed E-state index contributed by atoms with van der Waals surface area (Å²) in [6, 6.07) is 0. The molecule has 1 N–H and O–H groups in total. The highest BCUT2D eigenvalue weighted by atomic mass is 16.3. The Hall–Kier alpha value is -1.36. The molecule has 126 valence electrons. The Bertz CT molecular complexity index is 577. The fraction of sp³-hybridized carbons (Fsp3) is 0.778. The summed E-state index contributed by atoms with van der Waals surface area (Å²) in [6.07, 6.45) is 10.1. The number of aryl methyl sites for hydroxylation is 1. The minimum Gasteiger partial charge on any atom is -0.388 e. The van der Waals surface area contributed by atoms with Crippen LogP contribution in [0.1, 0.15) is 44.3 Å². The summed E-state index contributed by atoms with van der Waals surface area (Å²) in [5.41, 5.74) is -0.710. The number of likely N-dealkylation sites (tertiary alicyclic amines) is 1. The van der Waals surface area contributed by atoms with Crippen molar-refractivity contribution in [2.45, 2.75) is 57.6 Å². The van der Waals surface area contributed by atoms with E-state index >= 15 is 0 Å². The molecule has 2 saturated carbocycles. The Morgan fingerprint density at radius 1 is 1.30 bits per heavy atom. The van der Waals surface area contributed by atoms with Crippen molar-refractivity contribution < 1.29 is 9.90 Å². The molecule has 2 aliphatic carbocycles. The molecule has 0 spiro atoms. The van der Waals surface area contributed by atoms with Gasteiger partial charge in [0.25, 0.3) is 0 Å². The lowest BCUT2D eigenvalue weighted by Crippen LogP contribution is -2.49. The molecule has 0 radical (unpaired) electrons. The summed E-state index contributed by atoms with van der Waals surface area (Å²) < 4.78 is 2.01. The maximum Gasteiger partial charge on any atom is 0.226 e. The number of aromatic nitrogens is 2. The van der Waals surface area contributed by atoms with Gasteiger partial charge in [0.2, 0.25) is 5.91 Å². The van der Waals surface area contributed by atoms with Gasteiger partial charge in [-0.3, -0.25) is 4.79 Å². The van der Waals surface area contributed by atoms with Crippen LogP contribution in [0, 0.1) is 24.7 Å². The summed E-state index contributed by atoms with van der Waals surface area (Å²) in [6.45, 7) is 3.92. The van der Waals surface area contributed by atoms with Crippen LogP contribution >= 0.6 is 0 Å². The second-order valence-electron chi connectivity index (χ2n) is 7.79. The molecule has 1 aromatic heterocycles. The minimum absolute atomic E-state index is 0.305. The number of nitrogens with zero attached hydrogens (tertiary/aromatic N) is 3. The number of imidazole rings is 1. The lowest BCUT2D eigenvalue weighted by Gasteiger charge is -2.38. The number of hydrogen-bond donors (Lipinski definition) is 1. The van der Waals surface area contributed by atoms with E-state index in [1.54, 1.807) is 6.20 Å². The van der Waals surface area contributed by atoms with Gasteiger partial charge in [-0.1, -0.05) is 12.8 Å². The van der Waals surface area contributed by atoms with E-state index in [9.17, 15) is 9.90 Å². The van der Waals surface area contributed by atoms with E-state index in [-0.39, 0.29) is 0 Å². The van der Waals surface area contributed by atoms with Gasteiger partial charge in [0.15, 0.2) is 0 Å². The van der Waals surface area contributed by atoms with Gasteiger partial charge in [0.05, 0.1) is 12.1 Å². The van der Waals surface area contributed by atoms with Crippen LogP contribution in [0.25, 0.3) is 0 Å². The van der Waals surface area contributed by atoms with Crippen LogP contribution in [0.5, 0.6) is 0 Å². The molecule has 0 aromatic carbocycles. The number of carbonyl (C=O) groups excluding carboxylic acids is 1. The summed E-state index contributed by atoms with van der Waals surface area (Å²) >= 11 is 0. The Labute approximate surface area is 137 Å². The van der Waals surface area contributed by atoms with E-state index in [1.807, 2.05) is 22.6 Å². The third kappa shape index (κ3) is 2.80. The van der Waals surface area contributed by atoms with Crippen molar-refractivity contribution in [1.29, 1.82) is 0 Å². The van der Waals surface area contributed by atoms with Crippen LogP contribution in [0.2, 0.25) is 0 Å². The molecule has 3 aliphatic rings. The van der Waals surface area contributed by atoms with Crippen LogP contribution < -0.4 is 0 Å². The predicted octanol–water partition coefficient (Wildman–Crippen LogP) is 1.98. The van der Waals surface area contributed by atoms with Crippen molar-refractivity contribution in [3.63, 3.8) is 0 Å². The number of piperidine rings is 1. The number of aliphatic hydroxyl groups is 1. The van der Waals surface area contributed by atoms with Gasteiger partial charge in [-0.25, -0.2) is 4.98 Å². The second-order valence-corrected chi connectivity index (χ2v) is 7.79. The summed E-state index contributed by atoms with van der Waals surface area (Å²) in [5.74, 6) is 2.94. The summed E-state index contributed by atoms with van der Waals surface area (Å²) in [7, 11) is 0. The van der Waals surface area contributed by atoms with E-state index in [0.717, 1.165) is 5.82 Å². The maximum atomic E-state index is 12.7. The first kappa shape index (κ1) is 15.2. The van der Waals surface area contributed by atoms with Crippen molar-refractivity contribution in [3.8, 4) is 0 Å². The van der Waals surface area contributed by atoms with Crippen molar-refractivity contribution in [2.75, 3.05) is 13.1 Å². The highest BCUT2D eigenvalue weighted by Crippen LogP contribution is 2.56. The lowest BCUT2D eigenvalue weighted by atomic mass is 9.91. The standard InChI is InChI=1S/C18H27N3O2/c1-13-19-8-11-21(13)12-18(23)6-9-20(10-7-18)17(22)16-14-4-2-3-5-15(14)16/h8,11,14-16,23H,2-7,9-10,12H2,1H3. The molecule has 5 heteroatoms. The number of amides is 1. The number of carbonyl (C=O) groups is 1. The largest absolute Gasteiger partial charge is 0.388 e. The Morgan fingerprint density at radius 2 is 1.96 bits per heavy atom. The van der Waals surface area contributed by atoms with Gasteiger partial charge in [-0.2, -0.15) is 0 Å². The van der Waals surface area contributed by atoms with E-state index in [2.05, 4.69) is 4.98 Å². The molecule has 0 bridgehead atoms. The molecule has 3 fully saturated rings. The molecular weight excluding hydrogens is 290 g/mol. The molecule has 1 amide bonds. The fourth-order valence-corrected chi connectivity index (χ4v) is 4.76. The molecule has 2 unspecified atom stereocenters. The Morgan fingerprint density at radius 3 is 2.52 bits per heavy atom. The van der Waals surface area contributed by atoms with Gasteiger partial charge < -0.3 is 14.6 Å². The average molecular weight is 317 g/mol. The smallest absolute Gasteiger partial charge is 0.226 e. The highest BCUT2D eigenvalue weighted by Gasteiger charge is 2.56. The Balaban J connectivity index is 1.34. The topological polar surface area (TPSA) is 58.4 Å². The molecule has 23 heavy (non-hydrogen) atoms. The number of fused-ring (bicyclic) bond motifs is 1. The summed E-state index contributed by atoms with van der Waals surface area (Å²) in [5, 5.41) is 10.8. The zero-order valence-electron chi connectivity index (χ0n) is 13.9.